The van der Waals surface area contributed by atoms with E-state index in [0.717, 1.165) is 77.0 Å². The molecule has 9 nitrogen and oxygen atoms in total. The summed E-state index contributed by atoms with van der Waals surface area (Å²) in [6.45, 7) is 3.44. The first-order valence-electron chi connectivity index (χ1n) is 20.0. The van der Waals surface area contributed by atoms with Gasteiger partial charge in [0.15, 0.2) is 6.10 Å². The minimum Gasteiger partial charge on any atom is -0.462 e. The van der Waals surface area contributed by atoms with Crippen LogP contribution in [0.2, 0.25) is 0 Å². The lowest BCUT2D eigenvalue weighted by molar-refractivity contribution is -0.161. The van der Waals surface area contributed by atoms with E-state index in [2.05, 4.69) is 103 Å². The van der Waals surface area contributed by atoms with Crippen LogP contribution in [0.1, 0.15) is 142 Å². The highest BCUT2D eigenvalue weighted by molar-refractivity contribution is 7.46. The number of carbonyl (C=O) groups is 2. The second-order valence-electron chi connectivity index (χ2n) is 13.3. The fourth-order valence-electron chi connectivity index (χ4n) is 5.27. The number of phosphoric acid groups is 1. The first-order chi connectivity index (χ1) is 25.7. The number of unbranched alkanes of at least 4 members (excludes halogenated alkanes) is 7. The lowest BCUT2D eigenvalue weighted by Gasteiger charge is -2.18. The molecule has 3 atom stereocenters. The second-order valence-corrected chi connectivity index (χ2v) is 14.5. The van der Waals surface area contributed by atoms with Gasteiger partial charge in [-0.05, 0) is 89.9 Å². The van der Waals surface area contributed by atoms with Crippen LogP contribution >= 0.6 is 7.82 Å². The maximum absolute atomic E-state index is 12.5. The van der Waals surface area contributed by atoms with E-state index < -0.39 is 32.5 Å². The van der Waals surface area contributed by atoms with Crippen LogP contribution in [-0.4, -0.2) is 53.3 Å². The van der Waals surface area contributed by atoms with E-state index in [1.54, 1.807) is 0 Å². The number of ether oxygens (including phenoxy) is 3. The summed E-state index contributed by atoms with van der Waals surface area (Å²) in [6.07, 6.45) is 47.5. The number of phosphoric ester groups is 1. The molecular formula is C43H69O9P. The minimum atomic E-state index is -4.79. The van der Waals surface area contributed by atoms with Gasteiger partial charge in [0, 0.05) is 12.8 Å². The number of allylic oxidation sites excluding steroid dienone is 13. The largest absolute Gasteiger partial charge is 0.469 e. The Balaban J connectivity index is 2.17. The molecule has 1 rings (SSSR count). The fraction of sp³-hybridized carbons (Fsp3) is 0.628. The molecule has 2 unspecified atom stereocenters. The summed E-state index contributed by atoms with van der Waals surface area (Å²) in [7, 11) is -4.79. The molecule has 0 aromatic heterocycles. The first-order valence-corrected chi connectivity index (χ1v) is 21.5. The normalized spacial score (nSPS) is 17.2. The summed E-state index contributed by atoms with van der Waals surface area (Å²) < 4.78 is 32.1. The zero-order valence-corrected chi connectivity index (χ0v) is 33.5. The molecule has 1 heterocycles. The molecule has 1 aliphatic rings. The molecule has 0 amide bonds. The second kappa shape index (κ2) is 33.7. The summed E-state index contributed by atoms with van der Waals surface area (Å²) >= 11 is 0. The van der Waals surface area contributed by atoms with Crippen molar-refractivity contribution in [3.8, 4) is 0 Å². The third kappa shape index (κ3) is 33.5. The molecule has 300 valence electrons. The van der Waals surface area contributed by atoms with E-state index in [1.807, 2.05) is 0 Å². The molecule has 2 N–H and O–H groups in total. The van der Waals surface area contributed by atoms with Gasteiger partial charge in [-0.2, -0.15) is 0 Å². The Kier molecular flexibility index (Phi) is 30.7. The van der Waals surface area contributed by atoms with Gasteiger partial charge in [0.2, 0.25) is 0 Å². The van der Waals surface area contributed by atoms with Crippen molar-refractivity contribution in [2.24, 2.45) is 0 Å². The number of esters is 2. The third-order valence-electron chi connectivity index (χ3n) is 8.32. The molecule has 0 aromatic rings. The maximum atomic E-state index is 12.5. The minimum absolute atomic E-state index is 0.107. The van der Waals surface area contributed by atoms with Crippen molar-refractivity contribution in [1.29, 1.82) is 0 Å². The van der Waals surface area contributed by atoms with Crippen molar-refractivity contribution < 1.29 is 42.7 Å². The Labute approximate surface area is 320 Å². The van der Waals surface area contributed by atoms with Gasteiger partial charge in [-0.25, -0.2) is 4.57 Å². The van der Waals surface area contributed by atoms with Gasteiger partial charge >= 0.3 is 19.8 Å². The van der Waals surface area contributed by atoms with Gasteiger partial charge in [-0.1, -0.05) is 125 Å². The molecule has 0 aliphatic carbocycles. The highest BCUT2D eigenvalue weighted by Gasteiger charge is 2.36. The average molecular weight is 761 g/mol. The number of hydrogen-bond acceptors (Lipinski definition) is 7. The van der Waals surface area contributed by atoms with E-state index in [-0.39, 0.29) is 31.7 Å². The third-order valence-corrected chi connectivity index (χ3v) is 8.81. The molecule has 1 aliphatic heterocycles. The van der Waals surface area contributed by atoms with Crippen LogP contribution in [0.5, 0.6) is 0 Å². The number of rotatable bonds is 34. The molecule has 1 saturated heterocycles. The molecule has 0 bridgehead atoms. The topological polar surface area (TPSA) is 132 Å². The van der Waals surface area contributed by atoms with Gasteiger partial charge < -0.3 is 24.0 Å². The Hall–Kier alpha value is -2.81. The van der Waals surface area contributed by atoms with Gasteiger partial charge in [-0.3, -0.25) is 14.1 Å². The van der Waals surface area contributed by atoms with Gasteiger partial charge in [-0.15, -0.1) is 0 Å². The number of epoxide rings is 1. The predicted molar refractivity (Wildman–Crippen MR) is 215 cm³/mol. The average Bonchev–Trinajstić information content (AvgIpc) is 3.88. The van der Waals surface area contributed by atoms with Crippen molar-refractivity contribution in [2.45, 2.75) is 161 Å². The van der Waals surface area contributed by atoms with Crippen LogP contribution < -0.4 is 0 Å². The Morgan fingerprint density at radius 1 is 0.623 bits per heavy atom. The zero-order valence-electron chi connectivity index (χ0n) is 32.6. The lowest BCUT2D eigenvalue weighted by atomic mass is 10.1. The van der Waals surface area contributed by atoms with Crippen LogP contribution in [0, 0.1) is 0 Å². The molecule has 0 saturated carbocycles. The van der Waals surface area contributed by atoms with E-state index in [4.69, 9.17) is 24.0 Å². The van der Waals surface area contributed by atoms with Crippen molar-refractivity contribution in [1.82, 2.24) is 0 Å². The van der Waals surface area contributed by atoms with Crippen molar-refractivity contribution >= 4 is 19.8 Å². The highest BCUT2D eigenvalue weighted by Crippen LogP contribution is 2.36. The molecular weight excluding hydrogens is 691 g/mol. The van der Waals surface area contributed by atoms with E-state index in [1.165, 1.54) is 19.3 Å². The lowest BCUT2D eigenvalue weighted by Crippen LogP contribution is -2.29. The van der Waals surface area contributed by atoms with Crippen molar-refractivity contribution in [3.63, 3.8) is 0 Å². The van der Waals surface area contributed by atoms with E-state index >= 15 is 0 Å². The van der Waals surface area contributed by atoms with E-state index in [0.29, 0.717) is 19.3 Å². The smallest absolute Gasteiger partial charge is 0.462 e. The monoisotopic (exact) mass is 760 g/mol. The van der Waals surface area contributed by atoms with Gasteiger partial charge in [0.1, 0.15) is 6.61 Å². The van der Waals surface area contributed by atoms with E-state index in [9.17, 15) is 14.2 Å². The molecule has 1 fully saturated rings. The molecule has 10 heteroatoms. The number of hydrogen-bond donors (Lipinski definition) is 2. The highest BCUT2D eigenvalue weighted by atomic mass is 31.2. The molecule has 0 spiro atoms. The van der Waals surface area contributed by atoms with Crippen LogP contribution in [0.15, 0.2) is 85.1 Å². The first kappa shape index (κ1) is 48.2. The van der Waals surface area contributed by atoms with Crippen molar-refractivity contribution in [3.05, 3.63) is 85.1 Å². The SMILES string of the molecule is CC/C=C\C/C=C\C/C=C\C/C=C\CCCCCCC(=O)OC[C@H](COP(=O)(O)O)OC(=O)CCCC1OC1C/C=C\C/C=C\C/C=C\CCCCC. The fourth-order valence-corrected chi connectivity index (χ4v) is 5.63. The Morgan fingerprint density at radius 3 is 1.74 bits per heavy atom. The summed E-state index contributed by atoms with van der Waals surface area (Å²) in [5, 5.41) is 0. The molecule has 53 heavy (non-hydrogen) atoms. The maximum Gasteiger partial charge on any atom is 0.469 e. The van der Waals surface area contributed by atoms with Crippen LogP contribution in [0.25, 0.3) is 0 Å². The Bertz CT molecular complexity index is 1190. The number of carbonyl (C=O) groups excluding carboxylic acids is 2. The zero-order chi connectivity index (χ0) is 38.7. The van der Waals surface area contributed by atoms with Gasteiger partial charge in [0.25, 0.3) is 0 Å². The predicted octanol–water partition coefficient (Wildman–Crippen LogP) is 11.1. The summed E-state index contributed by atoms with van der Waals surface area (Å²) in [6, 6.07) is 0. The quantitative estimate of drug-likeness (QED) is 0.0216. The summed E-state index contributed by atoms with van der Waals surface area (Å²) in [5.74, 6) is -0.998. The molecule has 0 aromatic carbocycles. The molecule has 0 radical (unpaired) electrons. The van der Waals surface area contributed by atoms with Crippen molar-refractivity contribution in [2.75, 3.05) is 13.2 Å². The standard InChI is InChI=1S/C43H69O9P/c1-3-5-7-9-11-13-15-17-18-19-20-21-23-25-27-29-31-35-42(44)49-37-39(38-50-53(46,47)48)51-43(45)36-32-34-41-40(52-41)33-30-28-26-24-22-16-14-12-10-8-6-4-2/h5,7,11-14,17-18,20-22,24,28,30,39-41H,3-4,6,8-10,15-16,19,23,25-27,29,31-38H2,1-2H3,(H2,46,47,48)/b7-5-,13-11-,14-12-,18-17-,21-20-,24-22-,30-28-/t39-,40?,41?/m1/s1. The van der Waals surface area contributed by atoms with Crippen LogP contribution in [0.4, 0.5) is 0 Å². The van der Waals surface area contributed by atoms with Gasteiger partial charge in [0.05, 0.1) is 18.8 Å². The Morgan fingerprint density at radius 2 is 1.15 bits per heavy atom. The summed E-state index contributed by atoms with van der Waals surface area (Å²) in [4.78, 5) is 42.9. The van der Waals surface area contributed by atoms with Crippen LogP contribution in [-0.2, 0) is 32.9 Å². The van der Waals surface area contributed by atoms with Crippen LogP contribution in [0.3, 0.4) is 0 Å². The summed E-state index contributed by atoms with van der Waals surface area (Å²) in [5.41, 5.74) is 0.